The Morgan fingerprint density at radius 3 is 2.44 bits per heavy atom. The van der Waals surface area contributed by atoms with Gasteiger partial charge in [0.2, 0.25) is 0 Å². The molecule has 1 aromatic carbocycles. The van der Waals surface area contributed by atoms with E-state index in [0.717, 1.165) is 57.8 Å². The molecule has 1 amide bonds. The van der Waals surface area contributed by atoms with Gasteiger partial charge in [-0.25, -0.2) is 0 Å². The number of carbonyl (C=O) groups is 1. The third-order valence-electron chi connectivity index (χ3n) is 5.71. The monoisotopic (exact) mass is 372 g/mol. The van der Waals surface area contributed by atoms with E-state index in [1.54, 1.807) is 0 Å². The number of likely N-dealkylation sites (tertiary alicyclic amines) is 1. The average Bonchev–Trinajstić information content (AvgIpc) is 2.68. The van der Waals surface area contributed by atoms with Crippen LogP contribution in [0.25, 0.3) is 0 Å². The molecule has 27 heavy (non-hydrogen) atoms. The van der Waals surface area contributed by atoms with E-state index < -0.39 is 0 Å². The third-order valence-corrected chi connectivity index (χ3v) is 5.71. The fourth-order valence-corrected chi connectivity index (χ4v) is 3.92. The number of aliphatic imine (C=N–C) groups is 1. The van der Waals surface area contributed by atoms with Gasteiger partial charge >= 0.3 is 0 Å². The van der Waals surface area contributed by atoms with Crippen molar-refractivity contribution in [3.63, 3.8) is 0 Å². The van der Waals surface area contributed by atoms with Crippen molar-refractivity contribution in [3.8, 4) is 0 Å². The van der Waals surface area contributed by atoms with E-state index in [1.165, 1.54) is 5.56 Å². The van der Waals surface area contributed by atoms with Crippen LogP contribution in [0.15, 0.2) is 23.2 Å². The average molecular weight is 373 g/mol. The van der Waals surface area contributed by atoms with Gasteiger partial charge in [-0.15, -0.1) is 0 Å². The fraction of sp³-hybridized carbons (Fsp3) is 0.619. The molecule has 6 nitrogen and oxygen atoms in total. The van der Waals surface area contributed by atoms with Crippen LogP contribution in [-0.4, -0.2) is 67.1 Å². The second kappa shape index (κ2) is 8.85. The molecule has 2 fully saturated rings. The van der Waals surface area contributed by atoms with Gasteiger partial charge in [0.15, 0.2) is 5.96 Å². The van der Waals surface area contributed by atoms with Crippen LogP contribution in [0.5, 0.6) is 0 Å². The second-order valence-corrected chi connectivity index (χ2v) is 7.87. The summed E-state index contributed by atoms with van der Waals surface area (Å²) in [5.74, 6) is 0.526. The highest BCUT2D eigenvalue weighted by Crippen LogP contribution is 2.20. The van der Waals surface area contributed by atoms with Gasteiger partial charge in [0.25, 0.3) is 5.91 Å². The van der Waals surface area contributed by atoms with E-state index in [0.29, 0.717) is 23.5 Å². The maximum atomic E-state index is 12.6. The second-order valence-electron chi connectivity index (χ2n) is 7.87. The van der Waals surface area contributed by atoms with Crippen molar-refractivity contribution < 1.29 is 9.53 Å². The van der Waals surface area contributed by atoms with Crippen LogP contribution < -0.4 is 5.73 Å². The van der Waals surface area contributed by atoms with Gasteiger partial charge in [0.1, 0.15) is 0 Å². The lowest BCUT2D eigenvalue weighted by atomic mass is 9.98. The summed E-state index contributed by atoms with van der Waals surface area (Å²) in [6.45, 7) is 11.6. The molecule has 6 heteroatoms. The molecular formula is C21H32N4O2. The summed E-state index contributed by atoms with van der Waals surface area (Å²) in [4.78, 5) is 21.3. The van der Waals surface area contributed by atoms with Gasteiger partial charge in [-0.2, -0.15) is 4.99 Å². The first-order valence-electron chi connectivity index (χ1n) is 10.0. The SMILES string of the molecule is Cc1cc(C(C)C)ccc1C(=O)N=C(N)N1CCC(N2CCOCC2)CC1. The normalized spacial score (nSPS) is 20.3. The van der Waals surface area contributed by atoms with Crippen LogP contribution in [0, 0.1) is 6.92 Å². The number of morpholine rings is 1. The van der Waals surface area contributed by atoms with E-state index >= 15 is 0 Å². The summed E-state index contributed by atoms with van der Waals surface area (Å²) < 4.78 is 5.44. The summed E-state index contributed by atoms with van der Waals surface area (Å²) in [5.41, 5.74) is 8.97. The molecule has 2 N–H and O–H groups in total. The number of piperidine rings is 1. The van der Waals surface area contributed by atoms with Crippen molar-refractivity contribution in [1.29, 1.82) is 0 Å². The van der Waals surface area contributed by atoms with E-state index in [2.05, 4.69) is 29.8 Å². The van der Waals surface area contributed by atoms with Crippen LogP contribution in [0.3, 0.4) is 0 Å². The van der Waals surface area contributed by atoms with E-state index in [9.17, 15) is 4.79 Å². The Bertz CT molecular complexity index is 687. The molecule has 148 valence electrons. The third kappa shape index (κ3) is 4.87. The van der Waals surface area contributed by atoms with Crippen molar-refractivity contribution in [2.75, 3.05) is 39.4 Å². The topological polar surface area (TPSA) is 71.2 Å². The summed E-state index contributed by atoms with van der Waals surface area (Å²) in [7, 11) is 0. The predicted octanol–water partition coefficient (Wildman–Crippen LogP) is 2.37. The van der Waals surface area contributed by atoms with E-state index in [4.69, 9.17) is 10.5 Å². The van der Waals surface area contributed by atoms with Gasteiger partial charge in [-0.1, -0.05) is 26.0 Å². The Hall–Kier alpha value is -1.92. The standard InChI is InChI=1S/C21H32N4O2/c1-15(2)17-4-5-19(16(3)14-17)20(26)23-21(22)25-8-6-18(7-9-25)24-10-12-27-13-11-24/h4-5,14-15,18H,6-13H2,1-3H3,(H2,22,23,26). The minimum absolute atomic E-state index is 0.254. The first-order chi connectivity index (χ1) is 13.0. The van der Waals surface area contributed by atoms with Crippen molar-refractivity contribution >= 4 is 11.9 Å². The van der Waals surface area contributed by atoms with Crippen LogP contribution in [0.4, 0.5) is 0 Å². The Morgan fingerprint density at radius 2 is 1.85 bits per heavy atom. The molecule has 0 aliphatic carbocycles. The number of amides is 1. The van der Waals surface area contributed by atoms with Gasteiger partial charge in [0.05, 0.1) is 13.2 Å². The van der Waals surface area contributed by atoms with Crippen molar-refractivity contribution in [3.05, 3.63) is 34.9 Å². The number of guanidine groups is 1. The predicted molar refractivity (Wildman–Crippen MR) is 108 cm³/mol. The number of hydrogen-bond donors (Lipinski definition) is 1. The highest BCUT2D eigenvalue weighted by atomic mass is 16.5. The first kappa shape index (κ1) is 19.8. The number of carbonyl (C=O) groups excluding carboxylic acids is 1. The summed E-state index contributed by atoms with van der Waals surface area (Å²) in [6.07, 6.45) is 2.10. The zero-order valence-corrected chi connectivity index (χ0v) is 16.8. The van der Waals surface area contributed by atoms with Gasteiger partial charge in [0, 0.05) is 37.8 Å². The van der Waals surface area contributed by atoms with Crippen LogP contribution in [0.2, 0.25) is 0 Å². The lowest BCUT2D eigenvalue weighted by Gasteiger charge is -2.40. The molecule has 2 heterocycles. The van der Waals surface area contributed by atoms with Gasteiger partial charge < -0.3 is 15.4 Å². The van der Waals surface area contributed by atoms with Crippen LogP contribution in [-0.2, 0) is 4.74 Å². The van der Waals surface area contributed by atoms with Crippen molar-refractivity contribution in [2.45, 2.75) is 45.6 Å². The van der Waals surface area contributed by atoms with Gasteiger partial charge in [-0.3, -0.25) is 9.69 Å². The van der Waals surface area contributed by atoms with Crippen molar-refractivity contribution in [1.82, 2.24) is 9.80 Å². The quantitative estimate of drug-likeness (QED) is 0.651. The summed E-state index contributed by atoms with van der Waals surface area (Å²) >= 11 is 0. The minimum Gasteiger partial charge on any atom is -0.379 e. The molecule has 3 rings (SSSR count). The molecular weight excluding hydrogens is 340 g/mol. The largest absolute Gasteiger partial charge is 0.379 e. The zero-order chi connectivity index (χ0) is 19.4. The molecule has 1 aromatic rings. The molecule has 0 bridgehead atoms. The lowest BCUT2D eigenvalue weighted by Crippen LogP contribution is -2.51. The number of nitrogens with two attached hydrogens (primary N) is 1. The fourth-order valence-electron chi connectivity index (χ4n) is 3.92. The summed E-state index contributed by atoms with van der Waals surface area (Å²) in [6, 6.07) is 6.52. The maximum Gasteiger partial charge on any atom is 0.280 e. The molecule has 0 saturated carbocycles. The number of hydrogen-bond acceptors (Lipinski definition) is 3. The smallest absolute Gasteiger partial charge is 0.280 e. The summed E-state index contributed by atoms with van der Waals surface area (Å²) in [5, 5.41) is 0. The Balaban J connectivity index is 1.59. The molecule has 0 unspecified atom stereocenters. The molecule has 0 aromatic heterocycles. The number of ether oxygens (including phenoxy) is 1. The number of nitrogens with zero attached hydrogens (tertiary/aromatic N) is 3. The molecule has 2 aliphatic heterocycles. The highest BCUT2D eigenvalue weighted by molar-refractivity contribution is 6.03. The molecule has 0 spiro atoms. The maximum absolute atomic E-state index is 12.6. The van der Waals surface area contributed by atoms with E-state index in [1.807, 2.05) is 24.0 Å². The Labute approximate surface area is 162 Å². The number of benzene rings is 1. The number of rotatable bonds is 3. The van der Waals surface area contributed by atoms with E-state index in [-0.39, 0.29) is 5.91 Å². The first-order valence-corrected chi connectivity index (χ1v) is 10.0. The Morgan fingerprint density at radius 1 is 1.19 bits per heavy atom. The number of aryl methyl sites for hydroxylation is 1. The van der Waals surface area contributed by atoms with Gasteiger partial charge in [-0.05, 0) is 42.9 Å². The zero-order valence-electron chi connectivity index (χ0n) is 16.8. The lowest BCUT2D eigenvalue weighted by molar-refractivity contribution is 0.00534. The molecule has 0 atom stereocenters. The highest BCUT2D eigenvalue weighted by Gasteiger charge is 2.26. The van der Waals surface area contributed by atoms with Crippen molar-refractivity contribution in [2.24, 2.45) is 10.7 Å². The molecule has 0 radical (unpaired) electrons. The van der Waals surface area contributed by atoms with Crippen LogP contribution in [0.1, 0.15) is 54.1 Å². The Kier molecular flexibility index (Phi) is 6.50. The molecule has 2 aliphatic rings. The van der Waals surface area contributed by atoms with Crippen LogP contribution >= 0.6 is 0 Å². The molecule has 2 saturated heterocycles. The minimum atomic E-state index is -0.254.